The van der Waals surface area contributed by atoms with Crippen molar-refractivity contribution in [3.8, 4) is 11.8 Å². The van der Waals surface area contributed by atoms with E-state index in [2.05, 4.69) is 0 Å². The Morgan fingerprint density at radius 2 is 2.14 bits per heavy atom. The molecule has 1 aromatic carbocycles. The van der Waals surface area contributed by atoms with Crippen LogP contribution in [0.5, 0.6) is 5.75 Å². The van der Waals surface area contributed by atoms with E-state index in [0.717, 1.165) is 5.39 Å². The summed E-state index contributed by atoms with van der Waals surface area (Å²) in [5.41, 5.74) is 0.472. The van der Waals surface area contributed by atoms with Crippen LogP contribution in [-0.4, -0.2) is 32.9 Å². The summed E-state index contributed by atoms with van der Waals surface area (Å²) >= 11 is 0. The van der Waals surface area contributed by atoms with E-state index in [9.17, 15) is 10.1 Å². The minimum absolute atomic E-state index is 0.0403. The van der Waals surface area contributed by atoms with Crippen LogP contribution in [0.4, 0.5) is 5.69 Å². The number of hydrogen-bond donors (Lipinski definition) is 0. The lowest BCUT2D eigenvalue weighted by Gasteiger charge is -2.30. The smallest absolute Gasteiger partial charge is 0.356 e. The van der Waals surface area contributed by atoms with E-state index >= 15 is 0 Å². The number of morpholine rings is 1. The van der Waals surface area contributed by atoms with Crippen molar-refractivity contribution < 1.29 is 13.9 Å². The Labute approximate surface area is 127 Å². The molecule has 1 saturated heterocycles. The molecule has 0 spiro atoms. The topological polar surface area (TPSA) is 75.7 Å². The number of nitrogens with zero attached hydrogens (tertiary/aromatic N) is 2. The lowest BCUT2D eigenvalue weighted by atomic mass is 10.1. The lowest BCUT2D eigenvalue weighted by molar-refractivity contribution is 0.123. The molecule has 2 aromatic rings. The second-order valence-electron chi connectivity index (χ2n) is 4.92. The highest BCUT2D eigenvalue weighted by Crippen LogP contribution is 2.31. The van der Waals surface area contributed by atoms with Crippen LogP contribution in [0.15, 0.2) is 27.4 Å². The first-order chi connectivity index (χ1) is 10.7. The van der Waals surface area contributed by atoms with Gasteiger partial charge in [0, 0.05) is 24.5 Å². The van der Waals surface area contributed by atoms with E-state index in [1.807, 2.05) is 30.0 Å². The average molecular weight is 300 g/mol. The Bertz CT molecular complexity index is 785. The Balaban J connectivity index is 2.22. The number of rotatable bonds is 3. The molecule has 6 nitrogen and oxygen atoms in total. The fourth-order valence-corrected chi connectivity index (χ4v) is 2.64. The van der Waals surface area contributed by atoms with Gasteiger partial charge in [0.25, 0.3) is 0 Å². The average Bonchev–Trinajstić information content (AvgIpc) is 2.54. The largest absolute Gasteiger partial charge is 0.494 e. The number of ether oxygens (including phenoxy) is 2. The van der Waals surface area contributed by atoms with Gasteiger partial charge < -0.3 is 18.8 Å². The zero-order valence-electron chi connectivity index (χ0n) is 12.3. The highest BCUT2D eigenvalue weighted by atomic mass is 16.5. The molecule has 1 fully saturated rings. The molecule has 1 aliphatic rings. The van der Waals surface area contributed by atoms with Crippen molar-refractivity contribution in [1.82, 2.24) is 0 Å². The first-order valence-corrected chi connectivity index (χ1v) is 7.21. The summed E-state index contributed by atoms with van der Waals surface area (Å²) in [7, 11) is 0. The van der Waals surface area contributed by atoms with Crippen LogP contribution < -0.4 is 15.3 Å². The fourth-order valence-electron chi connectivity index (χ4n) is 2.64. The molecule has 0 atom stereocenters. The number of nitriles is 1. The zero-order valence-corrected chi connectivity index (χ0v) is 12.3. The van der Waals surface area contributed by atoms with Crippen molar-refractivity contribution in [3.05, 3.63) is 34.2 Å². The molecule has 2 heterocycles. The molecule has 0 N–H and O–H groups in total. The molecule has 6 heteroatoms. The van der Waals surface area contributed by atoms with Crippen molar-refractivity contribution in [2.75, 3.05) is 37.8 Å². The van der Waals surface area contributed by atoms with E-state index in [1.54, 1.807) is 6.07 Å². The van der Waals surface area contributed by atoms with Gasteiger partial charge in [0.05, 0.1) is 25.5 Å². The van der Waals surface area contributed by atoms with E-state index in [4.69, 9.17) is 13.9 Å². The van der Waals surface area contributed by atoms with Crippen LogP contribution in [0, 0.1) is 11.3 Å². The molecule has 0 saturated carbocycles. The highest BCUT2D eigenvalue weighted by molar-refractivity contribution is 5.93. The van der Waals surface area contributed by atoms with Crippen molar-refractivity contribution in [1.29, 1.82) is 5.26 Å². The van der Waals surface area contributed by atoms with Crippen LogP contribution in [0.25, 0.3) is 11.0 Å². The third kappa shape index (κ3) is 2.51. The third-order valence-electron chi connectivity index (χ3n) is 3.60. The predicted molar refractivity (Wildman–Crippen MR) is 81.4 cm³/mol. The minimum atomic E-state index is -0.620. The summed E-state index contributed by atoms with van der Waals surface area (Å²) < 4.78 is 16.1. The molecule has 0 radical (unpaired) electrons. The summed E-state index contributed by atoms with van der Waals surface area (Å²) in [4.78, 5) is 14.1. The van der Waals surface area contributed by atoms with E-state index in [1.165, 1.54) is 0 Å². The monoisotopic (exact) mass is 300 g/mol. The minimum Gasteiger partial charge on any atom is -0.494 e. The normalized spacial score (nSPS) is 14.8. The quantitative estimate of drug-likeness (QED) is 0.806. The second-order valence-corrected chi connectivity index (χ2v) is 4.92. The Hall–Kier alpha value is -2.52. The molecular weight excluding hydrogens is 284 g/mol. The van der Waals surface area contributed by atoms with Gasteiger partial charge in [0.1, 0.15) is 17.4 Å². The highest BCUT2D eigenvalue weighted by Gasteiger charge is 2.22. The van der Waals surface area contributed by atoms with Gasteiger partial charge >= 0.3 is 5.63 Å². The summed E-state index contributed by atoms with van der Waals surface area (Å²) in [6.45, 7) is 4.84. The summed E-state index contributed by atoms with van der Waals surface area (Å²) in [6.07, 6.45) is 0. The van der Waals surface area contributed by atoms with Crippen molar-refractivity contribution in [2.45, 2.75) is 6.92 Å². The first-order valence-electron chi connectivity index (χ1n) is 7.21. The van der Waals surface area contributed by atoms with Gasteiger partial charge in [-0.2, -0.15) is 5.26 Å². The van der Waals surface area contributed by atoms with Crippen LogP contribution in [-0.2, 0) is 4.74 Å². The Morgan fingerprint density at radius 3 is 2.82 bits per heavy atom. The maximum atomic E-state index is 12.1. The molecule has 114 valence electrons. The molecule has 1 aliphatic heterocycles. The van der Waals surface area contributed by atoms with Crippen LogP contribution in [0.1, 0.15) is 12.5 Å². The Morgan fingerprint density at radius 1 is 1.36 bits per heavy atom. The number of anilines is 1. The van der Waals surface area contributed by atoms with Crippen molar-refractivity contribution in [2.24, 2.45) is 0 Å². The Kier molecular flexibility index (Phi) is 3.98. The van der Waals surface area contributed by atoms with Crippen molar-refractivity contribution in [3.63, 3.8) is 0 Å². The second kappa shape index (κ2) is 6.08. The summed E-state index contributed by atoms with van der Waals surface area (Å²) in [5.74, 6) is 0.635. The maximum absolute atomic E-state index is 12.1. The van der Waals surface area contributed by atoms with Gasteiger partial charge in [-0.3, -0.25) is 0 Å². The summed E-state index contributed by atoms with van der Waals surface area (Å²) in [5, 5.41) is 10.1. The SMILES string of the molecule is CCOc1ccc2c(N3CCOCC3)c(C#N)c(=O)oc2c1. The molecule has 0 unspecified atom stereocenters. The van der Waals surface area contributed by atoms with Gasteiger partial charge in [-0.15, -0.1) is 0 Å². The number of benzene rings is 1. The maximum Gasteiger partial charge on any atom is 0.356 e. The standard InChI is InChI=1S/C16H16N2O4/c1-2-21-11-3-4-12-14(9-11)22-16(19)13(10-17)15(12)18-5-7-20-8-6-18/h3-4,9H,2,5-8H2,1H3. The molecule has 0 amide bonds. The zero-order chi connectivity index (χ0) is 15.5. The van der Waals surface area contributed by atoms with Crippen LogP contribution >= 0.6 is 0 Å². The summed E-state index contributed by atoms with van der Waals surface area (Å²) in [6, 6.07) is 7.30. The lowest BCUT2D eigenvalue weighted by Crippen LogP contribution is -2.37. The van der Waals surface area contributed by atoms with E-state index < -0.39 is 5.63 Å². The van der Waals surface area contributed by atoms with Crippen molar-refractivity contribution >= 4 is 16.7 Å². The fraction of sp³-hybridized carbons (Fsp3) is 0.375. The molecule has 0 bridgehead atoms. The number of fused-ring (bicyclic) bond motifs is 1. The first kappa shape index (κ1) is 14.4. The molecule has 0 aliphatic carbocycles. The van der Waals surface area contributed by atoms with Gasteiger partial charge in [-0.25, -0.2) is 4.79 Å². The predicted octanol–water partition coefficient (Wildman–Crippen LogP) is 1.90. The number of hydrogen-bond acceptors (Lipinski definition) is 6. The van der Waals surface area contributed by atoms with Crippen LogP contribution in [0.2, 0.25) is 0 Å². The molecule has 3 rings (SSSR count). The van der Waals surface area contributed by atoms with Gasteiger partial charge in [0.2, 0.25) is 0 Å². The van der Waals surface area contributed by atoms with Crippen LogP contribution in [0.3, 0.4) is 0 Å². The molecule has 22 heavy (non-hydrogen) atoms. The van der Waals surface area contributed by atoms with Gasteiger partial charge in [-0.05, 0) is 19.1 Å². The van der Waals surface area contributed by atoms with E-state index in [0.29, 0.717) is 49.9 Å². The van der Waals surface area contributed by atoms with E-state index in [-0.39, 0.29) is 5.56 Å². The molecule has 1 aromatic heterocycles. The third-order valence-corrected chi connectivity index (χ3v) is 3.60. The van der Waals surface area contributed by atoms with Gasteiger partial charge in [-0.1, -0.05) is 0 Å². The molecular formula is C16H16N2O4. The van der Waals surface area contributed by atoms with Gasteiger partial charge in [0.15, 0.2) is 5.56 Å².